The third kappa shape index (κ3) is 5.25. The zero-order valence-electron chi connectivity index (χ0n) is 31.6. The largest absolute Gasteiger partial charge is 0.310 e. The number of thiophene rings is 1. The number of anilines is 3. The van der Waals surface area contributed by atoms with E-state index in [9.17, 15) is 0 Å². The Labute approximate surface area is 341 Å². The summed E-state index contributed by atoms with van der Waals surface area (Å²) in [6.45, 7) is 0. The molecule has 12 rings (SSSR count). The molecule has 9 aromatic carbocycles. The van der Waals surface area contributed by atoms with E-state index >= 15 is 0 Å². The van der Waals surface area contributed by atoms with E-state index in [1.165, 1.54) is 92.2 Å². The molecule has 0 aliphatic heterocycles. The maximum atomic E-state index is 2.41. The summed E-state index contributed by atoms with van der Waals surface area (Å²) in [5.74, 6) is 0. The summed E-state index contributed by atoms with van der Waals surface area (Å²) in [6, 6.07) is 75.8. The van der Waals surface area contributed by atoms with Gasteiger partial charge >= 0.3 is 0 Å². The molecule has 1 aliphatic rings. The van der Waals surface area contributed by atoms with Crippen LogP contribution in [0.3, 0.4) is 0 Å². The van der Waals surface area contributed by atoms with Gasteiger partial charge in [-0.15, -0.1) is 11.3 Å². The van der Waals surface area contributed by atoms with Gasteiger partial charge in [0.15, 0.2) is 0 Å². The molecule has 0 saturated heterocycles. The summed E-state index contributed by atoms with van der Waals surface area (Å²) in [5.41, 5.74) is 17.4. The monoisotopic (exact) mass is 756 g/mol. The lowest BCUT2D eigenvalue weighted by atomic mass is 10.0. The van der Waals surface area contributed by atoms with Crippen molar-refractivity contribution < 1.29 is 0 Å². The maximum absolute atomic E-state index is 2.41. The minimum absolute atomic E-state index is 0.952. The highest BCUT2D eigenvalue weighted by molar-refractivity contribution is 7.26. The average Bonchev–Trinajstić information content (AvgIpc) is 3.96. The molecule has 272 valence electrons. The quantitative estimate of drug-likeness (QED) is 0.164. The zero-order valence-corrected chi connectivity index (χ0v) is 32.5. The van der Waals surface area contributed by atoms with Crippen molar-refractivity contribution in [3.63, 3.8) is 0 Å². The number of para-hydroxylation sites is 2. The minimum atomic E-state index is 0.952. The number of hydrogen-bond acceptors (Lipinski definition) is 2. The Morgan fingerprint density at radius 1 is 0.379 bits per heavy atom. The summed E-state index contributed by atoms with van der Waals surface area (Å²) in [6.07, 6.45) is 0.952. The summed E-state index contributed by atoms with van der Waals surface area (Å²) in [4.78, 5) is 2.41. The first-order valence-corrected chi connectivity index (χ1v) is 20.8. The highest BCUT2D eigenvalue weighted by atomic mass is 32.1. The first kappa shape index (κ1) is 33.0. The second kappa shape index (κ2) is 13.2. The van der Waals surface area contributed by atoms with Crippen LogP contribution < -0.4 is 4.90 Å². The summed E-state index contributed by atoms with van der Waals surface area (Å²) in [7, 11) is 0. The van der Waals surface area contributed by atoms with Crippen LogP contribution in [0.15, 0.2) is 206 Å². The maximum Gasteiger partial charge on any atom is 0.0541 e. The fraction of sp³-hybridized carbons (Fsp3) is 0.0182. The molecule has 0 atom stereocenters. The molecule has 0 bridgehead atoms. The van der Waals surface area contributed by atoms with Gasteiger partial charge in [0.2, 0.25) is 0 Å². The Morgan fingerprint density at radius 3 is 1.84 bits per heavy atom. The fourth-order valence-electron chi connectivity index (χ4n) is 9.29. The molecule has 3 heteroatoms. The van der Waals surface area contributed by atoms with Crippen molar-refractivity contribution in [1.82, 2.24) is 4.57 Å². The van der Waals surface area contributed by atoms with Crippen molar-refractivity contribution >= 4 is 70.4 Å². The van der Waals surface area contributed by atoms with Gasteiger partial charge in [-0.2, -0.15) is 0 Å². The molecule has 0 saturated carbocycles. The molecular formula is C55H36N2S. The first-order valence-electron chi connectivity index (χ1n) is 20.0. The third-order valence-electron chi connectivity index (χ3n) is 12.0. The topological polar surface area (TPSA) is 8.17 Å². The fourth-order valence-corrected chi connectivity index (χ4v) is 10.5. The predicted octanol–water partition coefficient (Wildman–Crippen LogP) is 15.5. The van der Waals surface area contributed by atoms with Crippen LogP contribution in [-0.2, 0) is 6.42 Å². The van der Waals surface area contributed by atoms with Crippen molar-refractivity contribution in [3.8, 4) is 39.1 Å². The SMILES string of the molecule is c1ccc(-n2c3ccccc3c3cc(-c4ccc(N(c5ccc(-c6cccc7c6sc6ccccc67)cc5)c5ccc6c(c5)Cc5ccccc5-6)cc4)ccc32)cc1. The molecule has 1 aliphatic carbocycles. The van der Waals surface area contributed by atoms with Crippen molar-refractivity contribution in [2.45, 2.75) is 6.42 Å². The number of benzene rings is 9. The Morgan fingerprint density at radius 2 is 1.00 bits per heavy atom. The standard InChI is InChI=1S/C55H36N2S/c1-2-12-41(13-3-1)57-52-19-8-6-15-48(52)51-35-38(25-32-53(51)57)36-21-26-42(27-22-36)56(44-30-31-46-40(34-44)33-39-11-4-5-14-45(39)46)43-28-23-37(24-29-43)47-17-10-18-50-49-16-7-9-20-54(49)58-55(47)50/h1-32,34-35H,33H2. The first-order chi connectivity index (χ1) is 28.7. The van der Waals surface area contributed by atoms with E-state index in [0.717, 1.165) is 23.5 Å². The van der Waals surface area contributed by atoms with Gasteiger partial charge in [-0.1, -0.05) is 133 Å². The number of fused-ring (bicyclic) bond motifs is 9. The normalized spacial score (nSPS) is 12.1. The van der Waals surface area contributed by atoms with E-state index in [0.29, 0.717) is 0 Å². The molecule has 0 radical (unpaired) electrons. The minimum Gasteiger partial charge on any atom is -0.310 e. The van der Waals surface area contributed by atoms with Gasteiger partial charge < -0.3 is 9.47 Å². The zero-order chi connectivity index (χ0) is 38.2. The highest BCUT2D eigenvalue weighted by Crippen LogP contribution is 2.44. The molecular weight excluding hydrogens is 721 g/mol. The number of rotatable bonds is 6. The van der Waals surface area contributed by atoms with Gasteiger partial charge in [0.25, 0.3) is 0 Å². The number of aromatic nitrogens is 1. The molecule has 0 fully saturated rings. The van der Waals surface area contributed by atoms with Crippen molar-refractivity contribution in [3.05, 3.63) is 217 Å². The van der Waals surface area contributed by atoms with E-state index in [4.69, 9.17) is 0 Å². The van der Waals surface area contributed by atoms with Crippen LogP contribution in [0, 0.1) is 0 Å². The van der Waals surface area contributed by atoms with Gasteiger partial charge in [0.1, 0.15) is 0 Å². The highest BCUT2D eigenvalue weighted by Gasteiger charge is 2.22. The molecule has 0 spiro atoms. The third-order valence-corrected chi connectivity index (χ3v) is 13.2. The molecule has 0 amide bonds. The van der Waals surface area contributed by atoms with Crippen LogP contribution >= 0.6 is 11.3 Å². The van der Waals surface area contributed by atoms with Crippen LogP contribution in [0.2, 0.25) is 0 Å². The Hall–Kier alpha value is -7.20. The van der Waals surface area contributed by atoms with E-state index in [1.54, 1.807) is 0 Å². The predicted molar refractivity (Wildman–Crippen MR) is 247 cm³/mol. The van der Waals surface area contributed by atoms with E-state index in [-0.39, 0.29) is 0 Å². The van der Waals surface area contributed by atoms with Gasteiger partial charge in [0.05, 0.1) is 11.0 Å². The summed E-state index contributed by atoms with van der Waals surface area (Å²) >= 11 is 1.88. The van der Waals surface area contributed by atoms with Crippen LogP contribution in [0.1, 0.15) is 11.1 Å². The van der Waals surface area contributed by atoms with Crippen molar-refractivity contribution in [1.29, 1.82) is 0 Å². The van der Waals surface area contributed by atoms with Crippen molar-refractivity contribution in [2.75, 3.05) is 4.90 Å². The van der Waals surface area contributed by atoms with E-state index < -0.39 is 0 Å². The van der Waals surface area contributed by atoms with E-state index in [2.05, 4.69) is 216 Å². The molecule has 58 heavy (non-hydrogen) atoms. The lowest BCUT2D eigenvalue weighted by Crippen LogP contribution is -2.10. The van der Waals surface area contributed by atoms with Crippen LogP contribution in [0.5, 0.6) is 0 Å². The molecule has 2 nitrogen and oxygen atoms in total. The Bertz CT molecular complexity index is 3350. The lowest BCUT2D eigenvalue weighted by molar-refractivity contribution is 1.18. The summed E-state index contributed by atoms with van der Waals surface area (Å²) in [5, 5.41) is 5.17. The lowest BCUT2D eigenvalue weighted by Gasteiger charge is -2.26. The van der Waals surface area contributed by atoms with Crippen LogP contribution in [-0.4, -0.2) is 4.57 Å². The van der Waals surface area contributed by atoms with Gasteiger partial charge in [0, 0.05) is 53.7 Å². The number of nitrogens with zero attached hydrogens (tertiary/aromatic N) is 2. The average molecular weight is 757 g/mol. The molecule has 11 aromatic rings. The second-order valence-electron chi connectivity index (χ2n) is 15.3. The van der Waals surface area contributed by atoms with Crippen LogP contribution in [0.4, 0.5) is 17.1 Å². The van der Waals surface area contributed by atoms with Crippen molar-refractivity contribution in [2.24, 2.45) is 0 Å². The van der Waals surface area contributed by atoms with Gasteiger partial charge in [-0.3, -0.25) is 0 Å². The van der Waals surface area contributed by atoms with E-state index in [1.807, 2.05) is 11.3 Å². The van der Waals surface area contributed by atoms with Gasteiger partial charge in [-0.25, -0.2) is 0 Å². The molecule has 0 unspecified atom stereocenters. The van der Waals surface area contributed by atoms with Crippen LogP contribution in [0.25, 0.3) is 81.0 Å². The number of hydrogen-bond donors (Lipinski definition) is 0. The smallest absolute Gasteiger partial charge is 0.0541 e. The molecule has 0 N–H and O–H groups in total. The Balaban J connectivity index is 0.947. The molecule has 2 heterocycles. The van der Waals surface area contributed by atoms with Gasteiger partial charge in [-0.05, 0) is 124 Å². The second-order valence-corrected chi connectivity index (χ2v) is 16.4. The molecule has 2 aromatic heterocycles. The summed E-state index contributed by atoms with van der Waals surface area (Å²) < 4.78 is 5.04. The Kier molecular flexibility index (Phi) is 7.51.